The first-order valence-corrected chi connectivity index (χ1v) is 6.86. The average Bonchev–Trinajstić information content (AvgIpc) is 2.53. The van der Waals surface area contributed by atoms with Gasteiger partial charge in [-0.25, -0.2) is 4.98 Å². The highest BCUT2D eigenvalue weighted by Gasteiger charge is 2.13. The molecule has 0 radical (unpaired) electrons. The first kappa shape index (κ1) is 15.5. The molecule has 0 aliphatic heterocycles. The van der Waals surface area contributed by atoms with E-state index < -0.39 is 5.91 Å². The summed E-state index contributed by atoms with van der Waals surface area (Å²) in [6.07, 6.45) is 1.57. The lowest BCUT2D eigenvalue weighted by molar-refractivity contribution is 0.0945. The van der Waals surface area contributed by atoms with Gasteiger partial charge in [0, 0.05) is 18.3 Å². The molecule has 0 fully saturated rings. The van der Waals surface area contributed by atoms with Crippen molar-refractivity contribution in [2.75, 3.05) is 6.61 Å². The van der Waals surface area contributed by atoms with Crippen molar-refractivity contribution in [1.29, 1.82) is 0 Å². The molecular weight excluding hydrogens is 282 g/mol. The maximum Gasteiger partial charge on any atom is 0.257 e. The number of hydrogen-bond donors (Lipinski definition) is 2. The van der Waals surface area contributed by atoms with Gasteiger partial charge < -0.3 is 15.8 Å². The van der Waals surface area contributed by atoms with Crippen LogP contribution >= 0.6 is 0 Å². The molecule has 114 valence electrons. The van der Waals surface area contributed by atoms with E-state index in [0.717, 1.165) is 5.56 Å². The van der Waals surface area contributed by atoms with Crippen molar-refractivity contribution >= 4 is 11.8 Å². The summed E-state index contributed by atoms with van der Waals surface area (Å²) < 4.78 is 5.33. The van der Waals surface area contributed by atoms with Crippen LogP contribution in [0, 0.1) is 0 Å². The molecule has 2 aromatic rings. The van der Waals surface area contributed by atoms with Crippen LogP contribution in [0.4, 0.5) is 0 Å². The maximum absolute atomic E-state index is 12.2. The fourth-order valence-corrected chi connectivity index (χ4v) is 1.93. The predicted molar refractivity (Wildman–Crippen MR) is 81.5 cm³/mol. The van der Waals surface area contributed by atoms with Crippen LogP contribution in [-0.4, -0.2) is 23.4 Å². The van der Waals surface area contributed by atoms with Gasteiger partial charge in [0.2, 0.25) is 11.8 Å². The fraction of sp³-hybridized carbons (Fsp3) is 0.188. The van der Waals surface area contributed by atoms with Crippen LogP contribution in [-0.2, 0) is 6.54 Å². The Labute approximate surface area is 128 Å². The average molecular weight is 299 g/mol. The van der Waals surface area contributed by atoms with Gasteiger partial charge in [0.1, 0.15) is 5.56 Å². The summed E-state index contributed by atoms with van der Waals surface area (Å²) in [5.74, 6) is -0.492. The molecule has 0 saturated heterocycles. The smallest absolute Gasteiger partial charge is 0.257 e. The van der Waals surface area contributed by atoms with Crippen LogP contribution in [0.5, 0.6) is 5.88 Å². The van der Waals surface area contributed by atoms with E-state index in [9.17, 15) is 9.59 Å². The van der Waals surface area contributed by atoms with Crippen LogP contribution in [0.1, 0.15) is 33.2 Å². The number of nitrogens with one attached hydrogen (secondary N) is 1. The van der Waals surface area contributed by atoms with E-state index in [2.05, 4.69) is 10.3 Å². The molecule has 6 heteroatoms. The lowest BCUT2D eigenvalue weighted by Gasteiger charge is -2.09. The van der Waals surface area contributed by atoms with Gasteiger partial charge in [-0.2, -0.15) is 0 Å². The molecule has 0 atom stereocenters. The Morgan fingerprint density at radius 2 is 2.09 bits per heavy atom. The van der Waals surface area contributed by atoms with Gasteiger partial charge in [-0.15, -0.1) is 0 Å². The van der Waals surface area contributed by atoms with Crippen molar-refractivity contribution in [3.63, 3.8) is 0 Å². The Hall–Kier alpha value is -2.89. The molecule has 2 rings (SSSR count). The number of hydrogen-bond acceptors (Lipinski definition) is 4. The summed E-state index contributed by atoms with van der Waals surface area (Å²) in [6, 6.07) is 10.1. The molecule has 3 N–H and O–H groups in total. The Morgan fingerprint density at radius 3 is 2.82 bits per heavy atom. The maximum atomic E-state index is 12.2. The fourth-order valence-electron chi connectivity index (χ4n) is 1.93. The van der Waals surface area contributed by atoms with Gasteiger partial charge in [0.05, 0.1) is 6.61 Å². The van der Waals surface area contributed by atoms with E-state index in [-0.39, 0.29) is 12.5 Å². The number of benzene rings is 1. The summed E-state index contributed by atoms with van der Waals surface area (Å²) in [5, 5.41) is 2.77. The standard InChI is InChI=1S/C16H17N3O3/c1-2-22-16-13(7-4-8-18-16)15(21)19-10-11-5-3-6-12(9-11)14(17)20/h3-9H,2,10H2,1H3,(H2,17,20)(H,19,21). The predicted octanol–water partition coefficient (Wildman–Crippen LogP) is 1.51. The van der Waals surface area contributed by atoms with Crippen LogP contribution in [0.25, 0.3) is 0 Å². The van der Waals surface area contributed by atoms with Crippen molar-refractivity contribution in [2.24, 2.45) is 5.73 Å². The van der Waals surface area contributed by atoms with Crippen molar-refractivity contribution in [3.05, 3.63) is 59.3 Å². The molecule has 6 nitrogen and oxygen atoms in total. The van der Waals surface area contributed by atoms with E-state index in [1.807, 2.05) is 6.92 Å². The third-order valence-electron chi connectivity index (χ3n) is 2.96. The number of amides is 2. The minimum atomic E-state index is -0.501. The minimum Gasteiger partial charge on any atom is -0.477 e. The van der Waals surface area contributed by atoms with E-state index in [4.69, 9.17) is 10.5 Å². The summed E-state index contributed by atoms with van der Waals surface area (Å²) >= 11 is 0. The summed E-state index contributed by atoms with van der Waals surface area (Å²) in [5.41, 5.74) is 6.79. The minimum absolute atomic E-state index is 0.278. The number of primary amides is 1. The van der Waals surface area contributed by atoms with Crippen molar-refractivity contribution in [2.45, 2.75) is 13.5 Å². The highest BCUT2D eigenvalue weighted by Crippen LogP contribution is 2.14. The molecular formula is C16H17N3O3. The zero-order chi connectivity index (χ0) is 15.9. The van der Waals surface area contributed by atoms with Gasteiger partial charge in [0.25, 0.3) is 5.91 Å². The van der Waals surface area contributed by atoms with Gasteiger partial charge >= 0.3 is 0 Å². The highest BCUT2D eigenvalue weighted by atomic mass is 16.5. The first-order valence-electron chi connectivity index (χ1n) is 6.86. The van der Waals surface area contributed by atoms with Crippen molar-refractivity contribution < 1.29 is 14.3 Å². The second-order valence-corrected chi connectivity index (χ2v) is 4.54. The molecule has 0 spiro atoms. The largest absolute Gasteiger partial charge is 0.477 e. The van der Waals surface area contributed by atoms with E-state index in [1.165, 1.54) is 0 Å². The number of carbonyl (C=O) groups is 2. The zero-order valence-electron chi connectivity index (χ0n) is 12.2. The van der Waals surface area contributed by atoms with E-state index >= 15 is 0 Å². The molecule has 0 unspecified atom stereocenters. The molecule has 0 aliphatic carbocycles. The van der Waals surface area contributed by atoms with Crippen LogP contribution in [0.2, 0.25) is 0 Å². The number of ether oxygens (including phenoxy) is 1. The Balaban J connectivity index is 2.07. The number of nitrogens with two attached hydrogens (primary N) is 1. The van der Waals surface area contributed by atoms with Crippen LogP contribution in [0.15, 0.2) is 42.6 Å². The molecule has 0 bridgehead atoms. The third-order valence-corrected chi connectivity index (χ3v) is 2.96. The first-order chi connectivity index (χ1) is 10.6. The lowest BCUT2D eigenvalue weighted by Crippen LogP contribution is -2.24. The number of pyridine rings is 1. The molecule has 1 aromatic carbocycles. The molecule has 0 saturated carbocycles. The van der Waals surface area contributed by atoms with Crippen LogP contribution < -0.4 is 15.8 Å². The monoisotopic (exact) mass is 299 g/mol. The molecule has 0 aliphatic rings. The Kier molecular flexibility index (Phi) is 5.08. The zero-order valence-corrected chi connectivity index (χ0v) is 12.2. The normalized spacial score (nSPS) is 10.0. The second kappa shape index (κ2) is 7.21. The quantitative estimate of drug-likeness (QED) is 0.845. The van der Waals surface area contributed by atoms with Crippen LogP contribution in [0.3, 0.4) is 0 Å². The number of rotatable bonds is 6. The highest BCUT2D eigenvalue weighted by molar-refractivity contribution is 5.96. The number of aromatic nitrogens is 1. The van der Waals surface area contributed by atoms with Crippen molar-refractivity contribution in [3.8, 4) is 5.88 Å². The van der Waals surface area contributed by atoms with Crippen molar-refractivity contribution in [1.82, 2.24) is 10.3 Å². The third kappa shape index (κ3) is 3.82. The Morgan fingerprint density at radius 1 is 1.27 bits per heavy atom. The summed E-state index contributed by atoms with van der Waals surface area (Å²) in [7, 11) is 0. The second-order valence-electron chi connectivity index (χ2n) is 4.54. The topological polar surface area (TPSA) is 94.3 Å². The molecule has 2 amide bonds. The van der Waals surface area contributed by atoms with Gasteiger partial charge in [-0.05, 0) is 36.8 Å². The van der Waals surface area contributed by atoms with Gasteiger partial charge in [0.15, 0.2) is 0 Å². The lowest BCUT2D eigenvalue weighted by atomic mass is 10.1. The van der Waals surface area contributed by atoms with E-state index in [1.54, 1.807) is 42.6 Å². The summed E-state index contributed by atoms with van der Waals surface area (Å²) in [6.45, 7) is 2.53. The van der Waals surface area contributed by atoms with Gasteiger partial charge in [-0.1, -0.05) is 12.1 Å². The number of nitrogens with zero attached hydrogens (tertiary/aromatic N) is 1. The summed E-state index contributed by atoms with van der Waals surface area (Å²) in [4.78, 5) is 27.4. The van der Waals surface area contributed by atoms with Gasteiger partial charge in [-0.3, -0.25) is 9.59 Å². The SMILES string of the molecule is CCOc1ncccc1C(=O)NCc1cccc(C(N)=O)c1. The number of carbonyl (C=O) groups excluding carboxylic acids is 2. The molecule has 1 heterocycles. The van der Waals surface area contributed by atoms with E-state index in [0.29, 0.717) is 23.6 Å². The molecule has 22 heavy (non-hydrogen) atoms. The Bertz CT molecular complexity index is 686. The molecule has 1 aromatic heterocycles.